The number of nitrogens with one attached hydrogen (secondary N) is 1. The van der Waals surface area contributed by atoms with Gasteiger partial charge < -0.3 is 10.2 Å². The summed E-state index contributed by atoms with van der Waals surface area (Å²) in [6.45, 7) is 2.83. The molecule has 1 fully saturated rings. The fourth-order valence-electron chi connectivity index (χ4n) is 3.10. The molecule has 3 rings (SSSR count). The third kappa shape index (κ3) is 3.82. The van der Waals surface area contributed by atoms with Gasteiger partial charge in [-0.1, -0.05) is 42.5 Å². The fraction of sp³-hybridized carbons (Fsp3) is 0.300. The van der Waals surface area contributed by atoms with Crippen LogP contribution in [0.2, 0.25) is 0 Å². The second-order valence-electron chi connectivity index (χ2n) is 6.24. The normalized spacial score (nSPS) is 17.4. The van der Waals surface area contributed by atoms with Crippen LogP contribution in [-0.2, 0) is 9.59 Å². The van der Waals surface area contributed by atoms with Crippen molar-refractivity contribution in [2.75, 3.05) is 18.4 Å². The predicted molar refractivity (Wildman–Crippen MR) is 95.5 cm³/mol. The van der Waals surface area contributed by atoms with Crippen molar-refractivity contribution in [2.45, 2.75) is 19.8 Å². The monoisotopic (exact) mass is 322 g/mol. The van der Waals surface area contributed by atoms with Crippen LogP contribution in [-0.4, -0.2) is 29.8 Å². The quantitative estimate of drug-likeness (QED) is 0.939. The van der Waals surface area contributed by atoms with Crippen LogP contribution in [0.15, 0.2) is 54.6 Å². The van der Waals surface area contributed by atoms with E-state index >= 15 is 0 Å². The molecule has 1 atom stereocenters. The van der Waals surface area contributed by atoms with E-state index in [2.05, 4.69) is 17.4 Å². The van der Waals surface area contributed by atoms with Gasteiger partial charge in [0.15, 0.2) is 0 Å². The number of anilines is 1. The van der Waals surface area contributed by atoms with Gasteiger partial charge in [-0.05, 0) is 36.1 Å². The van der Waals surface area contributed by atoms with Crippen LogP contribution in [0, 0.1) is 5.92 Å². The maximum atomic E-state index is 12.4. The van der Waals surface area contributed by atoms with Crippen molar-refractivity contribution < 1.29 is 9.59 Å². The lowest BCUT2D eigenvalue weighted by molar-refractivity contribution is -0.132. The topological polar surface area (TPSA) is 49.4 Å². The number of hydrogen-bond donors (Lipinski definition) is 1. The standard InChI is InChI=1S/C20H22N2O2/c1-15(23)22-13-5-8-18(14-22)20(24)21-19-11-9-17(10-12-19)16-6-3-2-4-7-16/h2-4,6-7,9-12,18H,5,8,13-14H2,1H3,(H,21,24)/t18-/m1/s1. The molecule has 4 heteroatoms. The molecule has 1 saturated heterocycles. The summed E-state index contributed by atoms with van der Waals surface area (Å²) in [5.41, 5.74) is 3.06. The Balaban J connectivity index is 1.63. The van der Waals surface area contributed by atoms with Gasteiger partial charge in [-0.2, -0.15) is 0 Å². The molecule has 0 bridgehead atoms. The van der Waals surface area contributed by atoms with Gasteiger partial charge in [0.05, 0.1) is 5.92 Å². The van der Waals surface area contributed by atoms with Crippen molar-refractivity contribution in [2.24, 2.45) is 5.92 Å². The molecule has 2 aromatic rings. The molecule has 2 amide bonds. The van der Waals surface area contributed by atoms with Crippen molar-refractivity contribution in [1.29, 1.82) is 0 Å². The van der Waals surface area contributed by atoms with E-state index in [9.17, 15) is 9.59 Å². The van der Waals surface area contributed by atoms with E-state index in [1.807, 2.05) is 42.5 Å². The highest BCUT2D eigenvalue weighted by molar-refractivity contribution is 5.93. The van der Waals surface area contributed by atoms with Crippen LogP contribution in [0.1, 0.15) is 19.8 Å². The van der Waals surface area contributed by atoms with E-state index in [1.165, 1.54) is 0 Å². The van der Waals surface area contributed by atoms with Gasteiger partial charge in [0.25, 0.3) is 0 Å². The first-order valence-corrected chi connectivity index (χ1v) is 8.35. The minimum atomic E-state index is -0.128. The van der Waals surface area contributed by atoms with Gasteiger partial charge in [-0.15, -0.1) is 0 Å². The average Bonchev–Trinajstić information content (AvgIpc) is 2.63. The Bertz CT molecular complexity index is 710. The Morgan fingerprint density at radius 2 is 1.67 bits per heavy atom. The Labute approximate surface area is 142 Å². The molecular weight excluding hydrogens is 300 g/mol. The highest BCUT2D eigenvalue weighted by Crippen LogP contribution is 2.22. The number of piperidine rings is 1. The minimum Gasteiger partial charge on any atom is -0.342 e. The SMILES string of the molecule is CC(=O)N1CCC[C@@H](C(=O)Nc2ccc(-c3ccccc3)cc2)C1. The lowest BCUT2D eigenvalue weighted by Gasteiger charge is -2.31. The van der Waals surface area contributed by atoms with Crippen LogP contribution in [0.3, 0.4) is 0 Å². The fourth-order valence-corrected chi connectivity index (χ4v) is 3.10. The van der Waals surface area contributed by atoms with Crippen molar-refractivity contribution in [3.8, 4) is 11.1 Å². The third-order valence-corrected chi connectivity index (χ3v) is 4.50. The number of hydrogen-bond acceptors (Lipinski definition) is 2. The molecule has 24 heavy (non-hydrogen) atoms. The number of carbonyl (C=O) groups is 2. The summed E-state index contributed by atoms with van der Waals surface area (Å²) in [5, 5.41) is 2.97. The molecule has 1 heterocycles. The smallest absolute Gasteiger partial charge is 0.229 e. The lowest BCUT2D eigenvalue weighted by atomic mass is 9.97. The first-order valence-electron chi connectivity index (χ1n) is 8.35. The second-order valence-corrected chi connectivity index (χ2v) is 6.24. The molecule has 124 valence electrons. The maximum Gasteiger partial charge on any atom is 0.229 e. The average molecular weight is 322 g/mol. The Morgan fingerprint density at radius 1 is 1.00 bits per heavy atom. The van der Waals surface area contributed by atoms with Crippen LogP contribution in [0.5, 0.6) is 0 Å². The third-order valence-electron chi connectivity index (χ3n) is 4.50. The molecule has 0 aliphatic carbocycles. The maximum absolute atomic E-state index is 12.4. The van der Waals surface area contributed by atoms with Gasteiger partial charge in [-0.3, -0.25) is 9.59 Å². The number of amides is 2. The van der Waals surface area contributed by atoms with Crippen molar-refractivity contribution in [3.63, 3.8) is 0 Å². The molecule has 1 aliphatic rings. The molecule has 0 saturated carbocycles. The molecule has 0 aromatic heterocycles. The van der Waals surface area contributed by atoms with Crippen molar-refractivity contribution in [1.82, 2.24) is 4.90 Å². The predicted octanol–water partition coefficient (Wildman–Crippen LogP) is 3.55. The first kappa shape index (κ1) is 16.2. The minimum absolute atomic E-state index is 0.00610. The van der Waals surface area contributed by atoms with Crippen molar-refractivity contribution in [3.05, 3.63) is 54.6 Å². The zero-order valence-electron chi connectivity index (χ0n) is 13.9. The zero-order valence-corrected chi connectivity index (χ0v) is 13.9. The second kappa shape index (κ2) is 7.30. The van der Waals surface area contributed by atoms with Gasteiger partial charge in [0.2, 0.25) is 11.8 Å². The van der Waals surface area contributed by atoms with Crippen LogP contribution < -0.4 is 5.32 Å². The van der Waals surface area contributed by atoms with Gasteiger partial charge in [-0.25, -0.2) is 0 Å². The highest BCUT2D eigenvalue weighted by Gasteiger charge is 2.26. The van der Waals surface area contributed by atoms with Gasteiger partial charge >= 0.3 is 0 Å². The van der Waals surface area contributed by atoms with E-state index in [0.717, 1.165) is 36.2 Å². The summed E-state index contributed by atoms with van der Waals surface area (Å²) in [4.78, 5) is 25.7. The lowest BCUT2D eigenvalue weighted by Crippen LogP contribution is -2.42. The largest absolute Gasteiger partial charge is 0.342 e. The van der Waals surface area contributed by atoms with Crippen molar-refractivity contribution >= 4 is 17.5 Å². The van der Waals surface area contributed by atoms with Crippen LogP contribution in [0.25, 0.3) is 11.1 Å². The number of rotatable bonds is 3. The van der Waals surface area contributed by atoms with Crippen LogP contribution in [0.4, 0.5) is 5.69 Å². The van der Waals surface area contributed by atoms with Gasteiger partial charge in [0, 0.05) is 25.7 Å². The number of nitrogens with zero attached hydrogens (tertiary/aromatic N) is 1. The number of benzene rings is 2. The van der Waals surface area contributed by atoms with Crippen LogP contribution >= 0.6 is 0 Å². The summed E-state index contributed by atoms with van der Waals surface area (Å²) < 4.78 is 0. The highest BCUT2D eigenvalue weighted by atomic mass is 16.2. The molecular formula is C20H22N2O2. The molecule has 1 N–H and O–H groups in total. The molecule has 2 aromatic carbocycles. The molecule has 4 nitrogen and oxygen atoms in total. The summed E-state index contributed by atoms with van der Waals surface area (Å²) in [6, 6.07) is 18.0. The summed E-state index contributed by atoms with van der Waals surface area (Å²) in [5.74, 6) is -0.0930. The zero-order chi connectivity index (χ0) is 16.9. The molecule has 1 aliphatic heterocycles. The number of carbonyl (C=O) groups excluding carboxylic acids is 2. The van der Waals surface area contributed by atoms with Gasteiger partial charge in [0.1, 0.15) is 0 Å². The van der Waals surface area contributed by atoms with E-state index in [1.54, 1.807) is 11.8 Å². The summed E-state index contributed by atoms with van der Waals surface area (Å²) >= 11 is 0. The molecule has 0 unspecified atom stereocenters. The first-order chi connectivity index (χ1) is 11.6. The Morgan fingerprint density at radius 3 is 2.33 bits per heavy atom. The van der Waals surface area contributed by atoms with E-state index in [0.29, 0.717) is 6.54 Å². The summed E-state index contributed by atoms with van der Waals surface area (Å²) in [7, 11) is 0. The molecule has 0 spiro atoms. The Hall–Kier alpha value is -2.62. The number of likely N-dealkylation sites (tertiary alicyclic amines) is 1. The Kier molecular flexibility index (Phi) is 4.94. The molecule has 0 radical (unpaired) electrons. The van der Waals surface area contributed by atoms with E-state index in [4.69, 9.17) is 0 Å². The van der Waals surface area contributed by atoms with E-state index in [-0.39, 0.29) is 17.7 Å². The summed E-state index contributed by atoms with van der Waals surface area (Å²) in [6.07, 6.45) is 1.71. The van der Waals surface area contributed by atoms with E-state index < -0.39 is 0 Å².